The third kappa shape index (κ3) is 8.33. The van der Waals surface area contributed by atoms with Gasteiger partial charge in [0.05, 0.1) is 31.2 Å². The van der Waals surface area contributed by atoms with Crippen molar-refractivity contribution < 1.29 is 33.3 Å². The van der Waals surface area contributed by atoms with E-state index in [0.29, 0.717) is 36.8 Å². The molecule has 2 aromatic heterocycles. The summed E-state index contributed by atoms with van der Waals surface area (Å²) in [6, 6.07) is 16.9. The number of methoxy groups -OCH3 is 1. The van der Waals surface area contributed by atoms with Crippen LogP contribution in [0.15, 0.2) is 65.2 Å². The summed E-state index contributed by atoms with van der Waals surface area (Å²) in [4.78, 5) is 32.2. The van der Waals surface area contributed by atoms with Crippen molar-refractivity contribution in [2.75, 3.05) is 13.7 Å². The minimum Gasteiger partial charge on any atom is -0.497 e. The first kappa shape index (κ1) is 30.1. The maximum absolute atomic E-state index is 12.0. The molecule has 10 nitrogen and oxygen atoms in total. The average Bonchev–Trinajstić information content (AvgIpc) is 3.35. The van der Waals surface area contributed by atoms with Crippen LogP contribution in [-0.4, -0.2) is 47.0 Å². The Balaban J connectivity index is 1.39. The number of amides is 1. The van der Waals surface area contributed by atoms with Gasteiger partial charge in [0.15, 0.2) is 0 Å². The lowest BCUT2D eigenvalue weighted by molar-refractivity contribution is -0.136. The lowest BCUT2D eigenvalue weighted by Gasteiger charge is -2.14. The highest BCUT2D eigenvalue weighted by Crippen LogP contribution is 2.27. The van der Waals surface area contributed by atoms with Crippen LogP contribution >= 0.6 is 0 Å². The second-order valence-electron chi connectivity index (χ2n) is 9.91. The van der Waals surface area contributed by atoms with Crippen molar-refractivity contribution in [1.29, 1.82) is 0 Å². The molecule has 0 aliphatic carbocycles. The van der Waals surface area contributed by atoms with Crippen molar-refractivity contribution in [3.05, 3.63) is 83.4 Å². The standard InChI is InChI=1S/C32H35N3O7/c1-20(2)41-32(38)34-19-25-17-27(11-9-22(25)10-12-30(36)37)40-16-14-28-21(3)42-31(35-28)24-7-5-23(6-8-24)29-18-26(39-4)13-15-33-29/h5-9,11,13,15,17-18,20H,10,12,14,16,19H2,1-4H3,(H,34,38)(H,36,37). The van der Waals surface area contributed by atoms with Crippen molar-refractivity contribution in [2.45, 2.75) is 52.7 Å². The van der Waals surface area contributed by atoms with Gasteiger partial charge in [-0.25, -0.2) is 9.78 Å². The minimum absolute atomic E-state index is 0.0158. The average molecular weight is 574 g/mol. The molecule has 0 saturated heterocycles. The molecule has 4 rings (SSSR count). The molecule has 0 aliphatic rings. The van der Waals surface area contributed by atoms with Gasteiger partial charge in [0, 0.05) is 42.8 Å². The molecule has 220 valence electrons. The van der Waals surface area contributed by atoms with Crippen LogP contribution in [0.4, 0.5) is 4.79 Å². The number of carbonyl (C=O) groups excluding carboxylic acids is 1. The highest BCUT2D eigenvalue weighted by Gasteiger charge is 2.14. The Hall–Kier alpha value is -4.86. The van der Waals surface area contributed by atoms with Gasteiger partial charge in [0.25, 0.3) is 0 Å². The third-order valence-corrected chi connectivity index (χ3v) is 6.45. The minimum atomic E-state index is -0.888. The largest absolute Gasteiger partial charge is 0.497 e. The zero-order chi connectivity index (χ0) is 30.1. The van der Waals surface area contributed by atoms with Crippen molar-refractivity contribution >= 4 is 12.1 Å². The van der Waals surface area contributed by atoms with Crippen molar-refractivity contribution in [3.8, 4) is 34.2 Å². The third-order valence-electron chi connectivity index (χ3n) is 6.45. The molecule has 2 aromatic carbocycles. The number of ether oxygens (including phenoxy) is 3. The van der Waals surface area contributed by atoms with E-state index in [-0.39, 0.29) is 19.1 Å². The van der Waals surface area contributed by atoms with Gasteiger partial charge in [-0.15, -0.1) is 0 Å². The van der Waals surface area contributed by atoms with Crippen molar-refractivity contribution in [3.63, 3.8) is 0 Å². The van der Waals surface area contributed by atoms with Gasteiger partial charge in [0.2, 0.25) is 5.89 Å². The van der Waals surface area contributed by atoms with Gasteiger partial charge < -0.3 is 29.1 Å². The number of benzene rings is 2. The Kier molecular flexibility index (Phi) is 10.1. The second kappa shape index (κ2) is 14.2. The fourth-order valence-electron chi connectivity index (χ4n) is 4.29. The normalized spacial score (nSPS) is 10.9. The number of nitrogens with zero attached hydrogens (tertiary/aromatic N) is 2. The Morgan fingerprint density at radius 2 is 1.74 bits per heavy atom. The van der Waals surface area contributed by atoms with E-state index < -0.39 is 12.1 Å². The molecule has 0 aliphatic heterocycles. The zero-order valence-corrected chi connectivity index (χ0v) is 24.2. The summed E-state index contributed by atoms with van der Waals surface area (Å²) in [6.45, 7) is 5.95. The van der Waals surface area contributed by atoms with Gasteiger partial charge in [-0.3, -0.25) is 9.78 Å². The number of hydrogen-bond donors (Lipinski definition) is 2. The first-order chi connectivity index (χ1) is 20.2. The number of carbonyl (C=O) groups is 2. The number of aryl methyl sites for hydroxylation is 2. The second-order valence-corrected chi connectivity index (χ2v) is 9.91. The smallest absolute Gasteiger partial charge is 0.407 e. The summed E-state index contributed by atoms with van der Waals surface area (Å²) in [5, 5.41) is 11.8. The van der Waals surface area contributed by atoms with Crippen LogP contribution < -0.4 is 14.8 Å². The van der Waals surface area contributed by atoms with Crippen LogP contribution in [0.2, 0.25) is 0 Å². The van der Waals surface area contributed by atoms with E-state index in [1.54, 1.807) is 39.3 Å². The summed E-state index contributed by atoms with van der Waals surface area (Å²) in [5.74, 6) is 1.70. The van der Waals surface area contributed by atoms with Crippen molar-refractivity contribution in [1.82, 2.24) is 15.3 Å². The quantitative estimate of drug-likeness (QED) is 0.198. The predicted molar refractivity (Wildman–Crippen MR) is 157 cm³/mol. The van der Waals surface area contributed by atoms with E-state index >= 15 is 0 Å². The van der Waals surface area contributed by atoms with Crippen LogP contribution in [0.25, 0.3) is 22.7 Å². The van der Waals surface area contributed by atoms with Crippen LogP contribution in [-0.2, 0) is 28.9 Å². The molecule has 0 spiro atoms. The topological polar surface area (TPSA) is 133 Å². The lowest BCUT2D eigenvalue weighted by Crippen LogP contribution is -2.26. The number of alkyl carbamates (subject to hydrolysis) is 1. The molecule has 10 heteroatoms. The van der Waals surface area contributed by atoms with E-state index in [1.807, 2.05) is 49.4 Å². The number of rotatable bonds is 13. The van der Waals surface area contributed by atoms with Gasteiger partial charge in [-0.2, -0.15) is 0 Å². The predicted octanol–water partition coefficient (Wildman–Crippen LogP) is 5.99. The van der Waals surface area contributed by atoms with E-state index in [0.717, 1.165) is 39.4 Å². The highest BCUT2D eigenvalue weighted by molar-refractivity contribution is 5.68. The summed E-state index contributed by atoms with van der Waals surface area (Å²) in [7, 11) is 1.63. The number of aliphatic carboxylic acids is 1. The van der Waals surface area contributed by atoms with Crippen LogP contribution in [0.5, 0.6) is 11.5 Å². The Bertz CT molecular complexity index is 1510. The SMILES string of the molecule is COc1ccnc(-c2ccc(-c3nc(CCOc4ccc(CCC(=O)O)c(CNC(=O)OC(C)C)c4)c(C)o3)cc2)c1. The molecule has 4 aromatic rings. The fraction of sp³-hybridized carbons (Fsp3) is 0.312. The molecular weight excluding hydrogens is 538 g/mol. The number of carboxylic acid groups (broad SMARTS) is 1. The first-order valence-corrected chi connectivity index (χ1v) is 13.7. The molecule has 2 N–H and O–H groups in total. The number of aromatic nitrogens is 2. The summed E-state index contributed by atoms with van der Waals surface area (Å²) < 4.78 is 22.4. The lowest BCUT2D eigenvalue weighted by atomic mass is 10.0. The fourth-order valence-corrected chi connectivity index (χ4v) is 4.29. The number of hydrogen-bond acceptors (Lipinski definition) is 8. The van der Waals surface area contributed by atoms with E-state index in [2.05, 4.69) is 15.3 Å². The van der Waals surface area contributed by atoms with Crippen LogP contribution in [0.1, 0.15) is 42.8 Å². The molecule has 0 radical (unpaired) electrons. The Morgan fingerprint density at radius 3 is 2.45 bits per heavy atom. The first-order valence-electron chi connectivity index (χ1n) is 13.7. The van der Waals surface area contributed by atoms with E-state index in [4.69, 9.17) is 23.7 Å². The Morgan fingerprint density at radius 1 is 0.976 bits per heavy atom. The maximum Gasteiger partial charge on any atom is 0.407 e. The van der Waals surface area contributed by atoms with E-state index in [9.17, 15) is 9.59 Å². The van der Waals surface area contributed by atoms with Gasteiger partial charge in [-0.05, 0) is 68.7 Å². The molecule has 0 saturated carbocycles. The van der Waals surface area contributed by atoms with Crippen LogP contribution in [0, 0.1) is 6.92 Å². The van der Waals surface area contributed by atoms with E-state index in [1.165, 1.54) is 0 Å². The van der Waals surface area contributed by atoms with Gasteiger partial charge >= 0.3 is 12.1 Å². The molecule has 0 bridgehead atoms. The van der Waals surface area contributed by atoms with Crippen LogP contribution in [0.3, 0.4) is 0 Å². The summed E-state index contributed by atoms with van der Waals surface area (Å²) >= 11 is 0. The highest BCUT2D eigenvalue weighted by atomic mass is 16.6. The summed E-state index contributed by atoms with van der Waals surface area (Å²) in [6.07, 6.45) is 1.77. The maximum atomic E-state index is 12.0. The molecule has 42 heavy (non-hydrogen) atoms. The number of pyridine rings is 1. The molecule has 1 amide bonds. The molecule has 0 fully saturated rings. The molecule has 0 atom stereocenters. The summed E-state index contributed by atoms with van der Waals surface area (Å²) in [5.41, 5.74) is 4.99. The molecular formula is C32H35N3O7. The monoisotopic (exact) mass is 573 g/mol. The number of oxazole rings is 1. The van der Waals surface area contributed by atoms with Crippen molar-refractivity contribution in [2.24, 2.45) is 0 Å². The Labute approximate surface area is 244 Å². The number of nitrogens with one attached hydrogen (secondary N) is 1. The molecule has 2 heterocycles. The zero-order valence-electron chi connectivity index (χ0n) is 24.2. The van der Waals surface area contributed by atoms with Gasteiger partial charge in [-0.1, -0.05) is 18.2 Å². The van der Waals surface area contributed by atoms with Gasteiger partial charge in [0.1, 0.15) is 17.3 Å². The number of carboxylic acids is 1. The molecule has 0 unspecified atom stereocenters.